The van der Waals surface area contributed by atoms with E-state index in [1.807, 2.05) is 36.9 Å². The lowest BCUT2D eigenvalue weighted by atomic mass is 10.0. The molecular formula is C13H21NO2. The van der Waals surface area contributed by atoms with Gasteiger partial charge in [-0.25, -0.2) is 0 Å². The van der Waals surface area contributed by atoms with Crippen molar-refractivity contribution >= 4 is 5.78 Å². The molecule has 16 heavy (non-hydrogen) atoms. The zero-order valence-electron chi connectivity index (χ0n) is 10.4. The second-order valence-corrected chi connectivity index (χ2v) is 4.27. The molecule has 0 bridgehead atoms. The summed E-state index contributed by atoms with van der Waals surface area (Å²) in [6.07, 6.45) is 4.88. The smallest absolute Gasteiger partial charge is 0.166 e. The van der Waals surface area contributed by atoms with E-state index in [1.54, 1.807) is 0 Å². The van der Waals surface area contributed by atoms with E-state index < -0.39 is 0 Å². The molecule has 0 atom stereocenters. The molecule has 3 heteroatoms. The van der Waals surface area contributed by atoms with E-state index in [4.69, 9.17) is 4.74 Å². The number of ether oxygens (including phenoxy) is 1. The van der Waals surface area contributed by atoms with Crippen molar-refractivity contribution in [3.05, 3.63) is 24.0 Å². The Kier molecular flexibility index (Phi) is 5.26. The van der Waals surface area contributed by atoms with Gasteiger partial charge in [-0.3, -0.25) is 4.79 Å². The minimum Gasteiger partial charge on any atom is -0.380 e. The van der Waals surface area contributed by atoms with Crippen molar-refractivity contribution in [3.63, 3.8) is 0 Å². The summed E-state index contributed by atoms with van der Waals surface area (Å²) in [4.78, 5) is 11.7. The van der Waals surface area contributed by atoms with E-state index in [9.17, 15) is 4.79 Å². The van der Waals surface area contributed by atoms with Gasteiger partial charge in [0.05, 0.1) is 6.61 Å². The molecule has 0 saturated carbocycles. The van der Waals surface area contributed by atoms with E-state index in [2.05, 4.69) is 6.92 Å². The summed E-state index contributed by atoms with van der Waals surface area (Å²) in [5.74, 6) is 0.264. The third-order valence-corrected chi connectivity index (χ3v) is 2.40. The van der Waals surface area contributed by atoms with Crippen molar-refractivity contribution < 1.29 is 9.53 Å². The van der Waals surface area contributed by atoms with E-state index in [1.165, 1.54) is 0 Å². The van der Waals surface area contributed by atoms with E-state index >= 15 is 0 Å². The monoisotopic (exact) mass is 223 g/mol. The van der Waals surface area contributed by atoms with Gasteiger partial charge in [-0.2, -0.15) is 0 Å². The number of Topliss-reactive ketones (excluding diaryl/α,β-unsaturated/α-hetero) is 1. The Labute approximate surface area is 97.4 Å². The molecule has 90 valence electrons. The number of carbonyl (C=O) groups is 1. The molecule has 0 fully saturated rings. The van der Waals surface area contributed by atoms with E-state index in [-0.39, 0.29) is 11.7 Å². The molecule has 0 unspecified atom stereocenters. The predicted octanol–water partition coefficient (Wildman–Crippen LogP) is 2.75. The Balaban J connectivity index is 2.42. The number of ketones is 1. The van der Waals surface area contributed by atoms with Gasteiger partial charge in [0.25, 0.3) is 0 Å². The highest BCUT2D eigenvalue weighted by atomic mass is 16.5. The number of carbonyl (C=O) groups excluding carboxylic acids is 1. The van der Waals surface area contributed by atoms with Crippen molar-refractivity contribution in [1.29, 1.82) is 0 Å². The first-order chi connectivity index (χ1) is 7.65. The van der Waals surface area contributed by atoms with Gasteiger partial charge >= 0.3 is 0 Å². The first-order valence-electron chi connectivity index (χ1n) is 5.93. The van der Waals surface area contributed by atoms with Crippen molar-refractivity contribution in [3.8, 4) is 0 Å². The summed E-state index contributed by atoms with van der Waals surface area (Å²) in [5, 5.41) is 0. The van der Waals surface area contributed by atoms with Crippen LogP contribution >= 0.6 is 0 Å². The molecule has 1 aromatic rings. The van der Waals surface area contributed by atoms with Gasteiger partial charge in [0.1, 0.15) is 0 Å². The molecule has 0 amide bonds. The van der Waals surface area contributed by atoms with Crippen LogP contribution < -0.4 is 0 Å². The first kappa shape index (κ1) is 13.0. The average Bonchev–Trinajstić information content (AvgIpc) is 2.72. The average molecular weight is 223 g/mol. The van der Waals surface area contributed by atoms with Gasteiger partial charge in [-0.15, -0.1) is 0 Å². The quantitative estimate of drug-likeness (QED) is 0.525. The summed E-state index contributed by atoms with van der Waals surface area (Å²) < 4.78 is 7.40. The van der Waals surface area contributed by atoms with Gasteiger partial charge in [0.15, 0.2) is 5.78 Å². The predicted molar refractivity (Wildman–Crippen MR) is 64.7 cm³/mol. The second-order valence-electron chi connectivity index (χ2n) is 4.27. The lowest BCUT2D eigenvalue weighted by Crippen LogP contribution is -2.07. The fraction of sp³-hybridized carbons (Fsp3) is 0.615. The van der Waals surface area contributed by atoms with E-state index in [0.717, 1.165) is 25.1 Å². The zero-order valence-corrected chi connectivity index (χ0v) is 10.4. The molecule has 0 aliphatic rings. The summed E-state index contributed by atoms with van der Waals surface area (Å²) in [6, 6.07) is 1.88. The topological polar surface area (TPSA) is 31.2 Å². The fourth-order valence-electron chi connectivity index (χ4n) is 1.48. The van der Waals surface area contributed by atoms with Crippen LogP contribution in [0.5, 0.6) is 0 Å². The van der Waals surface area contributed by atoms with Crippen LogP contribution in [0.15, 0.2) is 18.5 Å². The Hall–Kier alpha value is -1.09. The molecule has 3 nitrogen and oxygen atoms in total. The molecule has 0 N–H and O–H groups in total. The molecule has 0 spiro atoms. The van der Waals surface area contributed by atoms with Crippen molar-refractivity contribution in [1.82, 2.24) is 4.57 Å². The van der Waals surface area contributed by atoms with Crippen molar-refractivity contribution in [2.75, 3.05) is 13.2 Å². The highest BCUT2D eigenvalue weighted by Gasteiger charge is 2.11. The molecule has 1 heterocycles. The molecule has 0 radical (unpaired) electrons. The number of hydrogen-bond acceptors (Lipinski definition) is 2. The first-order valence-corrected chi connectivity index (χ1v) is 5.93. The van der Waals surface area contributed by atoms with Crippen LogP contribution in [0.4, 0.5) is 0 Å². The summed E-state index contributed by atoms with van der Waals surface area (Å²) in [6.45, 7) is 8.26. The van der Waals surface area contributed by atoms with Crippen LogP contribution in [-0.2, 0) is 11.3 Å². The number of aromatic nitrogens is 1. The molecule has 0 aromatic carbocycles. The fourth-order valence-corrected chi connectivity index (χ4v) is 1.48. The van der Waals surface area contributed by atoms with Crippen LogP contribution in [0, 0.1) is 5.92 Å². The zero-order chi connectivity index (χ0) is 12.0. The Morgan fingerprint density at radius 2 is 2.19 bits per heavy atom. The van der Waals surface area contributed by atoms with E-state index in [0.29, 0.717) is 6.61 Å². The molecule has 0 aliphatic carbocycles. The third kappa shape index (κ3) is 3.81. The Morgan fingerprint density at radius 3 is 2.81 bits per heavy atom. The van der Waals surface area contributed by atoms with Crippen molar-refractivity contribution in [2.24, 2.45) is 5.92 Å². The highest BCUT2D eigenvalue weighted by molar-refractivity contribution is 5.97. The molecule has 0 aliphatic heterocycles. The van der Waals surface area contributed by atoms with Crippen LogP contribution in [0.25, 0.3) is 0 Å². The molecular weight excluding hydrogens is 202 g/mol. The highest BCUT2D eigenvalue weighted by Crippen LogP contribution is 2.08. The SMILES string of the molecule is CCCOCCn1ccc(C(=O)C(C)C)c1. The Morgan fingerprint density at radius 1 is 1.44 bits per heavy atom. The lowest BCUT2D eigenvalue weighted by Gasteiger charge is -2.04. The molecule has 1 aromatic heterocycles. The molecule has 1 rings (SSSR count). The van der Waals surface area contributed by atoms with Gasteiger partial charge in [0, 0.05) is 37.0 Å². The van der Waals surface area contributed by atoms with Gasteiger partial charge < -0.3 is 9.30 Å². The minimum absolute atomic E-state index is 0.0622. The largest absolute Gasteiger partial charge is 0.380 e. The maximum Gasteiger partial charge on any atom is 0.166 e. The number of rotatable bonds is 7. The standard InChI is InChI=1S/C13H21NO2/c1-4-8-16-9-7-14-6-5-12(10-14)13(15)11(2)3/h5-6,10-11H,4,7-9H2,1-3H3. The van der Waals surface area contributed by atoms with Crippen LogP contribution in [0.1, 0.15) is 37.6 Å². The second kappa shape index (κ2) is 6.48. The van der Waals surface area contributed by atoms with Gasteiger partial charge in [-0.1, -0.05) is 20.8 Å². The Bertz CT molecular complexity index is 328. The molecule has 0 saturated heterocycles. The maximum absolute atomic E-state index is 11.7. The maximum atomic E-state index is 11.7. The number of nitrogens with zero attached hydrogens (tertiary/aromatic N) is 1. The lowest BCUT2D eigenvalue weighted by molar-refractivity contribution is 0.0939. The minimum atomic E-state index is 0.0622. The van der Waals surface area contributed by atoms with Crippen molar-refractivity contribution in [2.45, 2.75) is 33.7 Å². The summed E-state index contributed by atoms with van der Waals surface area (Å²) >= 11 is 0. The number of hydrogen-bond donors (Lipinski definition) is 0. The summed E-state index contributed by atoms with van der Waals surface area (Å²) in [7, 11) is 0. The van der Waals surface area contributed by atoms with Crippen LogP contribution in [0.2, 0.25) is 0 Å². The van der Waals surface area contributed by atoms with Crippen LogP contribution in [-0.4, -0.2) is 23.6 Å². The normalized spacial score (nSPS) is 11.0. The van der Waals surface area contributed by atoms with Gasteiger partial charge in [0.2, 0.25) is 0 Å². The van der Waals surface area contributed by atoms with Crippen LogP contribution in [0.3, 0.4) is 0 Å². The summed E-state index contributed by atoms with van der Waals surface area (Å²) in [5.41, 5.74) is 0.797. The van der Waals surface area contributed by atoms with Gasteiger partial charge in [-0.05, 0) is 12.5 Å². The third-order valence-electron chi connectivity index (χ3n) is 2.40.